The number of aromatic hydroxyl groups is 1. The van der Waals surface area contributed by atoms with Gasteiger partial charge in [0.25, 0.3) is 5.91 Å². The summed E-state index contributed by atoms with van der Waals surface area (Å²) in [6.45, 7) is -0.0757. The molecule has 1 N–H and O–H groups in total. The first-order valence-corrected chi connectivity index (χ1v) is 6.39. The highest BCUT2D eigenvalue weighted by molar-refractivity contribution is 5.96. The molecule has 0 bridgehead atoms. The fourth-order valence-electron chi connectivity index (χ4n) is 2.16. The predicted octanol–water partition coefficient (Wildman–Crippen LogP) is 1.76. The maximum absolute atomic E-state index is 14.1. The van der Waals surface area contributed by atoms with Crippen molar-refractivity contribution in [3.8, 4) is 22.8 Å². The Morgan fingerprint density at radius 1 is 1.41 bits per heavy atom. The Morgan fingerprint density at radius 3 is 2.91 bits per heavy atom. The van der Waals surface area contributed by atoms with Crippen molar-refractivity contribution in [2.24, 2.45) is 0 Å². The molecule has 2 heterocycles. The number of amides is 1. The van der Waals surface area contributed by atoms with E-state index in [9.17, 15) is 19.1 Å². The summed E-state index contributed by atoms with van der Waals surface area (Å²) in [6, 6.07) is 5.15. The molecule has 22 heavy (non-hydrogen) atoms. The summed E-state index contributed by atoms with van der Waals surface area (Å²) < 4.78 is 19.3. The summed E-state index contributed by atoms with van der Waals surface area (Å²) in [4.78, 5) is 27.8. The van der Waals surface area contributed by atoms with Crippen molar-refractivity contribution in [2.45, 2.75) is 0 Å². The van der Waals surface area contributed by atoms with Crippen LogP contribution in [0.5, 0.6) is 11.5 Å². The Hall–Kier alpha value is -2.96. The lowest BCUT2D eigenvalue weighted by Crippen LogP contribution is -2.36. The summed E-state index contributed by atoms with van der Waals surface area (Å²) in [5.41, 5.74) is 0.0984. The summed E-state index contributed by atoms with van der Waals surface area (Å²) in [6.07, 6.45) is 0.364. The fraction of sp³-hybridized carbons (Fsp3) is 0.133. The van der Waals surface area contributed by atoms with Gasteiger partial charge in [-0.3, -0.25) is 14.5 Å². The average molecular weight is 302 g/mol. The lowest BCUT2D eigenvalue weighted by Gasteiger charge is -2.25. The number of aldehydes is 1. The molecule has 0 saturated carbocycles. The fourth-order valence-corrected chi connectivity index (χ4v) is 2.16. The van der Waals surface area contributed by atoms with Gasteiger partial charge in [-0.1, -0.05) is 0 Å². The number of fused-ring (bicyclic) bond motifs is 1. The molecule has 7 heteroatoms. The first kappa shape index (κ1) is 14.0. The van der Waals surface area contributed by atoms with Crippen molar-refractivity contribution >= 4 is 18.0 Å². The van der Waals surface area contributed by atoms with E-state index in [0.29, 0.717) is 12.0 Å². The summed E-state index contributed by atoms with van der Waals surface area (Å²) in [7, 11) is 1.55. The summed E-state index contributed by atoms with van der Waals surface area (Å²) >= 11 is 0. The number of carbonyl (C=O) groups is 2. The van der Waals surface area contributed by atoms with E-state index in [-0.39, 0.29) is 40.9 Å². The average Bonchev–Trinajstić information content (AvgIpc) is 2.52. The zero-order chi connectivity index (χ0) is 15.9. The number of carbonyl (C=O) groups excluding carboxylic acids is 2. The van der Waals surface area contributed by atoms with Crippen molar-refractivity contribution in [2.75, 3.05) is 18.6 Å². The maximum atomic E-state index is 14.1. The lowest BCUT2D eigenvalue weighted by atomic mass is 10.1. The standard InChI is InChI=1S/C15H11FN2O4/c1-18-14(21)7-22-13-3-2-11(17-15(13)18)9-5-12(20)8(6-19)4-10(9)16/h2-6,20H,7H2,1H3. The summed E-state index contributed by atoms with van der Waals surface area (Å²) in [5.74, 6) is -0.617. The molecule has 0 saturated heterocycles. The smallest absolute Gasteiger partial charge is 0.265 e. The molecular formula is C15H11FN2O4. The van der Waals surface area contributed by atoms with Gasteiger partial charge in [0.05, 0.1) is 11.3 Å². The minimum absolute atomic E-state index is 0.0253. The Labute approximate surface area is 124 Å². The van der Waals surface area contributed by atoms with Crippen LogP contribution in [0.15, 0.2) is 24.3 Å². The number of halogens is 1. The number of phenolic OH excluding ortho intramolecular Hbond substituents is 1. The number of rotatable bonds is 2. The molecule has 1 aromatic heterocycles. The second-order valence-electron chi connectivity index (χ2n) is 4.77. The molecule has 0 radical (unpaired) electrons. The molecule has 3 rings (SSSR count). The number of hydrogen-bond donors (Lipinski definition) is 1. The van der Waals surface area contributed by atoms with E-state index in [2.05, 4.69) is 4.98 Å². The van der Waals surface area contributed by atoms with E-state index in [1.54, 1.807) is 13.1 Å². The van der Waals surface area contributed by atoms with Crippen LogP contribution in [0.4, 0.5) is 10.2 Å². The number of aromatic nitrogens is 1. The van der Waals surface area contributed by atoms with Crippen molar-refractivity contribution in [1.29, 1.82) is 0 Å². The van der Waals surface area contributed by atoms with Gasteiger partial charge in [-0.25, -0.2) is 9.37 Å². The number of hydrogen-bond acceptors (Lipinski definition) is 5. The number of anilines is 1. The summed E-state index contributed by atoms with van der Waals surface area (Å²) in [5, 5.41) is 9.69. The highest BCUT2D eigenvalue weighted by Gasteiger charge is 2.24. The van der Waals surface area contributed by atoms with Gasteiger partial charge in [-0.15, -0.1) is 0 Å². The van der Waals surface area contributed by atoms with E-state index in [1.165, 1.54) is 11.0 Å². The van der Waals surface area contributed by atoms with Crippen molar-refractivity contribution in [3.05, 3.63) is 35.6 Å². The molecule has 1 amide bonds. The molecule has 1 aromatic carbocycles. The van der Waals surface area contributed by atoms with Gasteiger partial charge in [-0.2, -0.15) is 0 Å². The molecule has 1 aliphatic heterocycles. The van der Waals surface area contributed by atoms with Crippen LogP contribution >= 0.6 is 0 Å². The van der Waals surface area contributed by atoms with E-state index < -0.39 is 5.82 Å². The molecule has 0 spiro atoms. The van der Waals surface area contributed by atoms with Crippen molar-refractivity contribution in [1.82, 2.24) is 4.98 Å². The second-order valence-corrected chi connectivity index (χ2v) is 4.77. The number of pyridine rings is 1. The molecule has 2 aromatic rings. The van der Waals surface area contributed by atoms with Gasteiger partial charge < -0.3 is 9.84 Å². The molecule has 0 fully saturated rings. The Morgan fingerprint density at radius 2 is 2.18 bits per heavy atom. The SMILES string of the molecule is CN1C(=O)COc2ccc(-c3cc(O)c(C=O)cc3F)nc21. The normalized spacial score (nSPS) is 13.5. The molecular weight excluding hydrogens is 291 g/mol. The number of phenols is 1. The van der Waals surface area contributed by atoms with Gasteiger partial charge in [0.15, 0.2) is 24.5 Å². The topological polar surface area (TPSA) is 79.7 Å². The quantitative estimate of drug-likeness (QED) is 0.855. The molecule has 6 nitrogen and oxygen atoms in total. The van der Waals surface area contributed by atoms with Gasteiger partial charge in [0.2, 0.25) is 0 Å². The van der Waals surface area contributed by atoms with Crippen LogP contribution in [0.2, 0.25) is 0 Å². The number of ether oxygens (including phenoxy) is 1. The lowest BCUT2D eigenvalue weighted by molar-refractivity contribution is -0.121. The minimum atomic E-state index is -0.696. The van der Waals surface area contributed by atoms with E-state index in [1.807, 2.05) is 0 Å². The largest absolute Gasteiger partial charge is 0.507 e. The van der Waals surface area contributed by atoms with Crippen LogP contribution in [0.1, 0.15) is 10.4 Å². The van der Waals surface area contributed by atoms with Crippen LogP contribution in [-0.4, -0.2) is 35.9 Å². The van der Waals surface area contributed by atoms with Crippen LogP contribution in [0.3, 0.4) is 0 Å². The minimum Gasteiger partial charge on any atom is -0.507 e. The van der Waals surface area contributed by atoms with E-state index >= 15 is 0 Å². The molecule has 0 aliphatic carbocycles. The Kier molecular flexibility index (Phi) is 3.25. The zero-order valence-corrected chi connectivity index (χ0v) is 11.5. The molecule has 0 atom stereocenters. The van der Waals surface area contributed by atoms with Crippen molar-refractivity contribution < 1.29 is 23.8 Å². The van der Waals surface area contributed by atoms with Crippen LogP contribution < -0.4 is 9.64 Å². The number of likely N-dealkylation sites (N-methyl/N-ethyl adjacent to an activating group) is 1. The van der Waals surface area contributed by atoms with Gasteiger partial charge >= 0.3 is 0 Å². The maximum Gasteiger partial charge on any atom is 0.265 e. The van der Waals surface area contributed by atoms with E-state index in [0.717, 1.165) is 12.1 Å². The third-order valence-electron chi connectivity index (χ3n) is 3.40. The van der Waals surface area contributed by atoms with E-state index in [4.69, 9.17) is 4.74 Å². The monoisotopic (exact) mass is 302 g/mol. The molecule has 112 valence electrons. The highest BCUT2D eigenvalue weighted by atomic mass is 19.1. The Bertz CT molecular complexity index is 791. The van der Waals surface area contributed by atoms with Gasteiger partial charge in [-0.05, 0) is 24.3 Å². The van der Waals surface area contributed by atoms with Gasteiger partial charge in [0.1, 0.15) is 11.6 Å². The van der Waals surface area contributed by atoms with Crippen LogP contribution in [0.25, 0.3) is 11.3 Å². The van der Waals surface area contributed by atoms with Crippen molar-refractivity contribution in [3.63, 3.8) is 0 Å². The third-order valence-corrected chi connectivity index (χ3v) is 3.40. The Balaban J connectivity index is 2.12. The number of benzene rings is 1. The second kappa shape index (κ2) is 5.10. The molecule has 0 unspecified atom stereocenters. The van der Waals surface area contributed by atoms with Crippen LogP contribution in [-0.2, 0) is 4.79 Å². The van der Waals surface area contributed by atoms with Crippen LogP contribution in [0, 0.1) is 5.82 Å². The third kappa shape index (κ3) is 2.16. The predicted molar refractivity (Wildman–Crippen MR) is 75.6 cm³/mol. The number of nitrogens with zero attached hydrogens (tertiary/aromatic N) is 2. The van der Waals surface area contributed by atoms with Gasteiger partial charge in [0, 0.05) is 12.6 Å². The zero-order valence-electron chi connectivity index (χ0n) is 11.5. The first-order chi connectivity index (χ1) is 10.5. The molecule has 1 aliphatic rings. The first-order valence-electron chi connectivity index (χ1n) is 6.39. The highest BCUT2D eigenvalue weighted by Crippen LogP contribution is 2.34.